The highest BCUT2D eigenvalue weighted by atomic mass is 28.4. The van der Waals surface area contributed by atoms with E-state index in [4.69, 9.17) is 4.43 Å². The van der Waals surface area contributed by atoms with Gasteiger partial charge >= 0.3 is 0 Å². The summed E-state index contributed by atoms with van der Waals surface area (Å²) in [6, 6.07) is 1.92. The molecule has 2 nitrogen and oxygen atoms in total. The van der Waals surface area contributed by atoms with Crippen LogP contribution in [0, 0.1) is 13.1 Å². The smallest absolute Gasteiger partial charge is 0.192 e. The van der Waals surface area contributed by atoms with Crippen LogP contribution in [0.4, 0.5) is 0 Å². The third-order valence-corrected chi connectivity index (χ3v) is 7.95. The molecule has 0 aliphatic rings. The molecule has 1 aromatic rings. The Morgan fingerprint density at radius 2 is 2.00 bits per heavy atom. The maximum atomic E-state index is 6.15. The summed E-state index contributed by atoms with van der Waals surface area (Å²) in [4.78, 5) is 3.97. The molecule has 16 heavy (non-hydrogen) atoms. The first-order valence-electron chi connectivity index (χ1n) is 5.69. The Balaban J connectivity index is 2.69. The second-order valence-electron chi connectivity index (χ2n) is 5.79. The van der Waals surface area contributed by atoms with Crippen molar-refractivity contribution in [3.8, 4) is 0 Å². The van der Waals surface area contributed by atoms with Crippen molar-refractivity contribution in [3.05, 3.63) is 29.6 Å². The lowest BCUT2D eigenvalue weighted by molar-refractivity contribution is 0.275. The molecule has 0 atom stereocenters. The average molecular weight is 236 g/mol. The van der Waals surface area contributed by atoms with Gasteiger partial charge in [0.05, 0.1) is 12.8 Å². The number of hydrogen-bond donors (Lipinski definition) is 0. The van der Waals surface area contributed by atoms with Crippen LogP contribution < -0.4 is 0 Å². The number of pyridine rings is 1. The number of hydrogen-bond acceptors (Lipinski definition) is 2. The van der Waals surface area contributed by atoms with Crippen LogP contribution in [-0.2, 0) is 11.0 Å². The molecule has 1 heterocycles. The predicted molar refractivity (Wildman–Crippen MR) is 69.8 cm³/mol. The first kappa shape index (κ1) is 13.4. The van der Waals surface area contributed by atoms with Gasteiger partial charge in [-0.3, -0.25) is 4.98 Å². The van der Waals surface area contributed by atoms with Crippen LogP contribution in [0.1, 0.15) is 31.9 Å². The highest BCUT2D eigenvalue weighted by Gasteiger charge is 2.37. The minimum absolute atomic E-state index is 0.262. The fourth-order valence-corrected chi connectivity index (χ4v) is 2.03. The Labute approximate surface area is 100 Å². The second-order valence-corrected chi connectivity index (χ2v) is 10.6. The molecule has 0 fully saturated rings. The molecule has 0 saturated carbocycles. The van der Waals surface area contributed by atoms with E-state index in [1.54, 1.807) is 0 Å². The first-order valence-corrected chi connectivity index (χ1v) is 8.60. The van der Waals surface area contributed by atoms with Gasteiger partial charge in [-0.1, -0.05) is 20.8 Å². The van der Waals surface area contributed by atoms with Crippen molar-refractivity contribution in [2.75, 3.05) is 0 Å². The molecule has 89 valence electrons. The topological polar surface area (TPSA) is 22.1 Å². The van der Waals surface area contributed by atoms with Crippen molar-refractivity contribution in [2.45, 2.75) is 52.4 Å². The molecule has 0 N–H and O–H groups in total. The molecule has 0 amide bonds. The molecule has 1 aromatic heterocycles. The molecule has 0 spiro atoms. The van der Waals surface area contributed by atoms with E-state index >= 15 is 0 Å². The molecule has 3 heteroatoms. The van der Waals surface area contributed by atoms with Crippen LogP contribution in [0.25, 0.3) is 0 Å². The van der Waals surface area contributed by atoms with E-state index < -0.39 is 8.32 Å². The maximum Gasteiger partial charge on any atom is 0.192 e. The third-order valence-electron chi connectivity index (χ3n) is 3.47. The van der Waals surface area contributed by atoms with Gasteiger partial charge in [0, 0.05) is 6.20 Å². The Hall–Kier alpha value is -0.673. The van der Waals surface area contributed by atoms with Gasteiger partial charge in [0.15, 0.2) is 8.32 Å². The van der Waals surface area contributed by atoms with Crippen LogP contribution in [0.2, 0.25) is 18.1 Å². The fourth-order valence-electron chi connectivity index (χ4n) is 1.08. The summed E-state index contributed by atoms with van der Waals surface area (Å²) in [6.07, 6.45) is 4.70. The zero-order chi connectivity index (χ0) is 12.4. The van der Waals surface area contributed by atoms with E-state index in [1.165, 1.54) is 11.1 Å². The largest absolute Gasteiger partial charge is 0.413 e. The lowest BCUT2D eigenvalue weighted by atomic mass is 10.2. The second kappa shape index (κ2) is 4.68. The zero-order valence-corrected chi connectivity index (χ0v) is 12.2. The van der Waals surface area contributed by atoms with Gasteiger partial charge in [0.2, 0.25) is 0 Å². The summed E-state index contributed by atoms with van der Waals surface area (Å²) >= 11 is 0. The molecule has 0 aliphatic carbocycles. The molecular weight excluding hydrogens is 214 g/mol. The number of rotatable bonds is 3. The molecule has 1 radical (unpaired) electrons. The van der Waals surface area contributed by atoms with Gasteiger partial charge in [-0.2, -0.15) is 0 Å². The Morgan fingerprint density at radius 1 is 1.38 bits per heavy atom. The molecule has 0 bridgehead atoms. The SMILES string of the molecule is Cc1cn[c]cc1CO[Si](C)(C)C(C)(C)C. The maximum absolute atomic E-state index is 6.15. The Kier molecular flexibility index (Phi) is 3.91. The Bertz CT molecular complexity index is 355. The summed E-state index contributed by atoms with van der Waals surface area (Å²) in [5.41, 5.74) is 2.37. The normalized spacial score (nSPS) is 12.9. The first-order chi connectivity index (χ1) is 7.24. The summed E-state index contributed by atoms with van der Waals surface area (Å²) in [7, 11) is -1.64. The van der Waals surface area contributed by atoms with E-state index in [-0.39, 0.29) is 5.04 Å². The summed E-state index contributed by atoms with van der Waals surface area (Å²) in [5.74, 6) is 0. The molecule has 1 rings (SSSR count). The van der Waals surface area contributed by atoms with Gasteiger partial charge in [0.25, 0.3) is 0 Å². The van der Waals surface area contributed by atoms with Crippen molar-refractivity contribution in [3.63, 3.8) is 0 Å². The minimum Gasteiger partial charge on any atom is -0.413 e. The lowest BCUT2D eigenvalue weighted by Gasteiger charge is -2.36. The van der Waals surface area contributed by atoms with Gasteiger partial charge in [-0.05, 0) is 42.2 Å². The lowest BCUT2D eigenvalue weighted by Crippen LogP contribution is -2.40. The van der Waals surface area contributed by atoms with Gasteiger partial charge < -0.3 is 4.43 Å². The van der Waals surface area contributed by atoms with E-state index in [2.05, 4.69) is 52.0 Å². The highest BCUT2D eigenvalue weighted by Crippen LogP contribution is 2.37. The molecule has 0 aromatic carbocycles. The Morgan fingerprint density at radius 3 is 2.50 bits per heavy atom. The van der Waals surface area contributed by atoms with E-state index in [1.807, 2.05) is 12.3 Å². The number of nitrogens with zero attached hydrogens (tertiary/aromatic N) is 1. The fraction of sp³-hybridized carbons (Fsp3) is 0.615. The summed E-state index contributed by atoms with van der Waals surface area (Å²) in [6.45, 7) is 14.0. The third kappa shape index (κ3) is 3.16. The van der Waals surface area contributed by atoms with Crippen LogP contribution in [0.3, 0.4) is 0 Å². The van der Waals surface area contributed by atoms with E-state index in [9.17, 15) is 0 Å². The quantitative estimate of drug-likeness (QED) is 0.746. The molecular formula is C13H22NOSi. The van der Waals surface area contributed by atoms with E-state index in [0.717, 1.165) is 0 Å². The minimum atomic E-state index is -1.64. The summed E-state index contributed by atoms with van der Waals surface area (Å²) < 4.78 is 6.15. The van der Waals surface area contributed by atoms with Gasteiger partial charge in [0.1, 0.15) is 0 Å². The van der Waals surface area contributed by atoms with Crippen molar-refractivity contribution in [2.24, 2.45) is 0 Å². The van der Waals surface area contributed by atoms with Gasteiger partial charge in [-0.15, -0.1) is 0 Å². The van der Waals surface area contributed by atoms with E-state index in [0.29, 0.717) is 6.61 Å². The highest BCUT2D eigenvalue weighted by molar-refractivity contribution is 6.74. The van der Waals surface area contributed by atoms with Crippen molar-refractivity contribution >= 4 is 8.32 Å². The van der Waals surface area contributed by atoms with Crippen molar-refractivity contribution in [1.29, 1.82) is 0 Å². The number of aromatic nitrogens is 1. The zero-order valence-electron chi connectivity index (χ0n) is 11.2. The van der Waals surface area contributed by atoms with Crippen molar-refractivity contribution < 1.29 is 4.43 Å². The molecule has 0 aliphatic heterocycles. The average Bonchev–Trinajstić information content (AvgIpc) is 2.15. The van der Waals surface area contributed by atoms with Crippen LogP contribution >= 0.6 is 0 Å². The monoisotopic (exact) mass is 236 g/mol. The van der Waals surface area contributed by atoms with Crippen LogP contribution in [0.5, 0.6) is 0 Å². The van der Waals surface area contributed by atoms with Gasteiger partial charge in [-0.25, -0.2) is 0 Å². The standard InChI is InChI=1S/C13H22NOSi/c1-11-9-14-8-7-12(11)10-15-16(5,6)13(2,3)4/h7,9H,10H2,1-6H3. The van der Waals surface area contributed by atoms with Crippen molar-refractivity contribution in [1.82, 2.24) is 4.98 Å². The molecule has 0 unspecified atom stereocenters. The summed E-state index contributed by atoms with van der Waals surface area (Å²) in [5, 5.41) is 0.262. The molecule has 0 saturated heterocycles. The van der Waals surface area contributed by atoms with Crippen LogP contribution in [-0.4, -0.2) is 13.3 Å². The number of aryl methyl sites for hydroxylation is 1. The van der Waals surface area contributed by atoms with Crippen LogP contribution in [0.15, 0.2) is 12.3 Å². The predicted octanol–water partition coefficient (Wildman–Crippen LogP) is 3.71.